The van der Waals surface area contributed by atoms with Crippen LogP contribution in [0.1, 0.15) is 50.5 Å². The van der Waals surface area contributed by atoms with Crippen LogP contribution in [0.3, 0.4) is 0 Å². The predicted molar refractivity (Wildman–Crippen MR) is 96.9 cm³/mol. The Hall–Kier alpha value is -1.06. The number of piperidine rings is 1. The second-order valence-corrected chi connectivity index (χ2v) is 8.27. The van der Waals surface area contributed by atoms with E-state index in [0.717, 1.165) is 55.8 Å². The molecule has 0 radical (unpaired) electrons. The van der Waals surface area contributed by atoms with Gasteiger partial charge in [0.1, 0.15) is 0 Å². The highest BCUT2D eigenvalue weighted by atomic mass is 35.5. The Kier molecular flexibility index (Phi) is 4.57. The van der Waals surface area contributed by atoms with Gasteiger partial charge >= 0.3 is 0 Å². The van der Waals surface area contributed by atoms with Crippen LogP contribution in [0.5, 0.6) is 0 Å². The Labute approximate surface area is 149 Å². The molecule has 0 bridgehead atoms. The Balaban J connectivity index is 1.52. The van der Waals surface area contributed by atoms with Crippen molar-refractivity contribution >= 4 is 17.5 Å². The SMILES string of the molecule is O=C(C1CC12CCNCC2)N(Cc1ccccc1Cl)C1CCCC1. The molecule has 3 nitrogen and oxygen atoms in total. The third-order valence-corrected chi connectivity index (χ3v) is 6.80. The van der Waals surface area contributed by atoms with Crippen LogP contribution in [-0.4, -0.2) is 29.9 Å². The van der Waals surface area contributed by atoms with E-state index in [4.69, 9.17) is 11.6 Å². The van der Waals surface area contributed by atoms with Gasteiger partial charge in [0.15, 0.2) is 0 Å². The van der Waals surface area contributed by atoms with E-state index in [1.807, 2.05) is 18.2 Å². The summed E-state index contributed by atoms with van der Waals surface area (Å²) in [6, 6.07) is 8.38. The summed E-state index contributed by atoms with van der Waals surface area (Å²) in [5, 5.41) is 4.21. The van der Waals surface area contributed by atoms with E-state index in [9.17, 15) is 4.79 Å². The van der Waals surface area contributed by atoms with Gasteiger partial charge in [-0.1, -0.05) is 42.6 Å². The van der Waals surface area contributed by atoms with Crippen LogP contribution in [0.2, 0.25) is 5.02 Å². The average molecular weight is 347 g/mol. The van der Waals surface area contributed by atoms with Gasteiger partial charge in [0.2, 0.25) is 5.91 Å². The van der Waals surface area contributed by atoms with E-state index < -0.39 is 0 Å². The molecule has 1 aromatic rings. The van der Waals surface area contributed by atoms with Crippen molar-refractivity contribution in [1.29, 1.82) is 0 Å². The summed E-state index contributed by atoms with van der Waals surface area (Å²) in [5.41, 5.74) is 1.39. The van der Waals surface area contributed by atoms with Gasteiger partial charge in [-0.25, -0.2) is 0 Å². The smallest absolute Gasteiger partial charge is 0.226 e. The number of nitrogens with one attached hydrogen (secondary N) is 1. The molecule has 3 aliphatic rings. The molecular weight excluding hydrogens is 320 g/mol. The van der Waals surface area contributed by atoms with Crippen molar-refractivity contribution in [3.05, 3.63) is 34.9 Å². The van der Waals surface area contributed by atoms with Gasteiger partial charge in [0, 0.05) is 23.5 Å². The normalized spacial score (nSPS) is 25.8. The second kappa shape index (κ2) is 6.68. The Bertz CT molecular complexity index is 605. The number of rotatable bonds is 4. The molecule has 2 saturated carbocycles. The maximum Gasteiger partial charge on any atom is 0.226 e. The van der Waals surface area contributed by atoms with Crippen LogP contribution >= 0.6 is 11.6 Å². The molecule has 4 rings (SSSR count). The molecule has 1 spiro atoms. The van der Waals surface area contributed by atoms with Gasteiger partial charge < -0.3 is 10.2 Å². The lowest BCUT2D eigenvalue weighted by Gasteiger charge is -2.31. The zero-order valence-corrected chi connectivity index (χ0v) is 15.0. The Morgan fingerprint density at radius 3 is 2.62 bits per heavy atom. The number of nitrogens with zero attached hydrogens (tertiary/aromatic N) is 1. The molecule has 1 saturated heterocycles. The molecule has 130 valence electrons. The van der Waals surface area contributed by atoms with E-state index in [1.54, 1.807) is 0 Å². The number of halogens is 1. The summed E-state index contributed by atoms with van der Waals surface area (Å²) in [6.07, 6.45) is 8.21. The number of hydrogen-bond acceptors (Lipinski definition) is 2. The first kappa shape index (κ1) is 16.4. The highest BCUT2D eigenvalue weighted by Crippen LogP contribution is 2.59. The third kappa shape index (κ3) is 3.09. The van der Waals surface area contributed by atoms with E-state index in [-0.39, 0.29) is 5.92 Å². The predicted octanol–water partition coefficient (Wildman–Crippen LogP) is 4.00. The first-order valence-electron chi connectivity index (χ1n) is 9.44. The van der Waals surface area contributed by atoms with Crippen molar-refractivity contribution in [3.8, 4) is 0 Å². The van der Waals surface area contributed by atoms with Gasteiger partial charge in [0.25, 0.3) is 0 Å². The van der Waals surface area contributed by atoms with Crippen molar-refractivity contribution in [1.82, 2.24) is 10.2 Å². The molecule has 1 N–H and O–H groups in total. The van der Waals surface area contributed by atoms with Crippen molar-refractivity contribution in [3.63, 3.8) is 0 Å². The highest BCUT2D eigenvalue weighted by Gasteiger charge is 2.59. The zero-order chi connectivity index (χ0) is 16.6. The van der Waals surface area contributed by atoms with Crippen molar-refractivity contribution in [2.24, 2.45) is 11.3 Å². The maximum atomic E-state index is 13.3. The molecular formula is C20H27ClN2O. The fourth-order valence-corrected chi connectivity index (χ4v) is 4.98. The molecule has 0 aromatic heterocycles. The quantitative estimate of drug-likeness (QED) is 0.893. The molecule has 4 heteroatoms. The maximum absolute atomic E-state index is 13.3. The molecule has 2 aliphatic carbocycles. The van der Waals surface area contributed by atoms with E-state index in [1.165, 1.54) is 12.8 Å². The fourth-order valence-electron chi connectivity index (χ4n) is 4.79. The van der Waals surface area contributed by atoms with Gasteiger partial charge in [-0.2, -0.15) is 0 Å². The first-order chi connectivity index (χ1) is 11.7. The summed E-state index contributed by atoms with van der Waals surface area (Å²) >= 11 is 6.37. The second-order valence-electron chi connectivity index (χ2n) is 7.86. The average Bonchev–Trinajstić information content (AvgIpc) is 3.04. The molecule has 1 aromatic carbocycles. The van der Waals surface area contributed by atoms with Crippen LogP contribution in [0.4, 0.5) is 0 Å². The minimum Gasteiger partial charge on any atom is -0.335 e. The number of carbonyl (C=O) groups is 1. The molecule has 3 fully saturated rings. The monoisotopic (exact) mass is 346 g/mol. The number of hydrogen-bond donors (Lipinski definition) is 1. The molecule has 1 unspecified atom stereocenters. The Morgan fingerprint density at radius 1 is 1.21 bits per heavy atom. The largest absolute Gasteiger partial charge is 0.335 e. The number of amides is 1. The molecule has 1 aliphatic heterocycles. The van der Waals surface area contributed by atoms with E-state index in [0.29, 0.717) is 23.9 Å². The lowest BCUT2D eigenvalue weighted by Crippen LogP contribution is -2.41. The summed E-state index contributed by atoms with van der Waals surface area (Å²) in [7, 11) is 0. The lowest BCUT2D eigenvalue weighted by molar-refractivity contribution is -0.136. The molecule has 24 heavy (non-hydrogen) atoms. The minimum absolute atomic E-state index is 0.252. The van der Waals surface area contributed by atoms with Crippen LogP contribution < -0.4 is 5.32 Å². The number of carbonyl (C=O) groups excluding carboxylic acids is 1. The van der Waals surface area contributed by atoms with Crippen LogP contribution in [-0.2, 0) is 11.3 Å². The van der Waals surface area contributed by atoms with E-state index >= 15 is 0 Å². The fraction of sp³-hybridized carbons (Fsp3) is 0.650. The molecule has 1 heterocycles. The van der Waals surface area contributed by atoms with Crippen molar-refractivity contribution < 1.29 is 4.79 Å². The minimum atomic E-state index is 0.252. The van der Waals surface area contributed by atoms with Gasteiger partial charge in [-0.05, 0) is 62.2 Å². The standard InChI is InChI=1S/C20H27ClN2O/c21-18-8-4-1-5-15(18)14-23(16-6-2-3-7-16)19(24)17-13-20(17)9-11-22-12-10-20/h1,4-5,8,16-17,22H,2-3,6-7,9-14H2. The topological polar surface area (TPSA) is 32.3 Å². The summed E-state index contributed by atoms with van der Waals surface area (Å²) < 4.78 is 0. The molecule has 1 atom stereocenters. The van der Waals surface area contributed by atoms with Crippen LogP contribution in [0.15, 0.2) is 24.3 Å². The van der Waals surface area contributed by atoms with Gasteiger partial charge in [-0.15, -0.1) is 0 Å². The van der Waals surface area contributed by atoms with Crippen LogP contribution in [0.25, 0.3) is 0 Å². The zero-order valence-electron chi connectivity index (χ0n) is 14.3. The lowest BCUT2D eigenvalue weighted by atomic mass is 9.91. The number of benzene rings is 1. The van der Waals surface area contributed by atoms with Crippen LogP contribution in [0, 0.1) is 11.3 Å². The van der Waals surface area contributed by atoms with E-state index in [2.05, 4.69) is 16.3 Å². The Morgan fingerprint density at radius 2 is 1.92 bits per heavy atom. The van der Waals surface area contributed by atoms with Gasteiger partial charge in [-0.3, -0.25) is 4.79 Å². The van der Waals surface area contributed by atoms with Crippen molar-refractivity contribution in [2.45, 2.75) is 57.5 Å². The van der Waals surface area contributed by atoms with Gasteiger partial charge in [0.05, 0.1) is 0 Å². The summed E-state index contributed by atoms with van der Waals surface area (Å²) in [5.74, 6) is 0.645. The van der Waals surface area contributed by atoms with Crippen molar-refractivity contribution in [2.75, 3.05) is 13.1 Å². The first-order valence-corrected chi connectivity index (χ1v) is 9.82. The highest BCUT2D eigenvalue weighted by molar-refractivity contribution is 6.31. The summed E-state index contributed by atoms with van der Waals surface area (Å²) in [4.78, 5) is 15.5. The summed E-state index contributed by atoms with van der Waals surface area (Å²) in [6.45, 7) is 2.81. The third-order valence-electron chi connectivity index (χ3n) is 6.43. The molecule has 1 amide bonds.